The summed E-state index contributed by atoms with van der Waals surface area (Å²) in [6.07, 6.45) is 3.75. The van der Waals surface area contributed by atoms with Gasteiger partial charge in [0, 0.05) is 30.7 Å². The van der Waals surface area contributed by atoms with E-state index < -0.39 is 23.5 Å². The van der Waals surface area contributed by atoms with Crippen molar-refractivity contribution in [3.8, 4) is 0 Å². The van der Waals surface area contributed by atoms with Crippen LogP contribution in [0.4, 0.5) is 10.1 Å². The number of carbonyl (C=O) groups excluding carboxylic acids is 3. The molecule has 0 aliphatic heterocycles. The summed E-state index contributed by atoms with van der Waals surface area (Å²) in [5.74, 6) is -2.64. The van der Waals surface area contributed by atoms with Gasteiger partial charge in [0.15, 0.2) is 0 Å². The van der Waals surface area contributed by atoms with Gasteiger partial charge in [0.05, 0.1) is 32.9 Å². The lowest BCUT2D eigenvalue weighted by atomic mass is 9.97. The van der Waals surface area contributed by atoms with E-state index in [9.17, 15) is 18.8 Å². The molecule has 0 saturated carbocycles. The van der Waals surface area contributed by atoms with Gasteiger partial charge >= 0.3 is 0 Å². The molecular formula is C23H24FN5O3S. The summed E-state index contributed by atoms with van der Waals surface area (Å²) < 4.78 is 14.9. The monoisotopic (exact) mass is 469 g/mol. The molecule has 0 spiro atoms. The number of hydrogen-bond acceptors (Lipinski definition) is 6. The van der Waals surface area contributed by atoms with Crippen molar-refractivity contribution in [2.45, 2.75) is 46.1 Å². The molecule has 1 aliphatic rings. The van der Waals surface area contributed by atoms with E-state index in [1.165, 1.54) is 12.3 Å². The molecule has 0 saturated heterocycles. The van der Waals surface area contributed by atoms with Crippen LogP contribution in [-0.4, -0.2) is 32.1 Å². The van der Waals surface area contributed by atoms with Crippen LogP contribution in [0.15, 0.2) is 18.3 Å². The minimum absolute atomic E-state index is 0.146. The summed E-state index contributed by atoms with van der Waals surface area (Å²) in [6, 6.07) is 2.32. The van der Waals surface area contributed by atoms with Crippen molar-refractivity contribution in [2.24, 2.45) is 7.05 Å². The Hall–Kier alpha value is -3.40. The molecule has 4 rings (SSSR count). The fraction of sp³-hybridized carbons (Fsp3) is 0.348. The summed E-state index contributed by atoms with van der Waals surface area (Å²) in [5.41, 5.74) is 2.55. The van der Waals surface area contributed by atoms with Crippen LogP contribution >= 0.6 is 11.3 Å². The van der Waals surface area contributed by atoms with E-state index >= 15 is 0 Å². The predicted octanol–water partition coefficient (Wildman–Crippen LogP) is 3.57. The van der Waals surface area contributed by atoms with Crippen molar-refractivity contribution in [1.29, 1.82) is 0 Å². The third-order valence-electron chi connectivity index (χ3n) is 5.93. The predicted molar refractivity (Wildman–Crippen MR) is 122 cm³/mol. The average molecular weight is 470 g/mol. The molecule has 3 heterocycles. The van der Waals surface area contributed by atoms with Gasteiger partial charge in [0.25, 0.3) is 17.6 Å². The summed E-state index contributed by atoms with van der Waals surface area (Å²) in [4.78, 5) is 47.9. The Morgan fingerprint density at radius 3 is 2.73 bits per heavy atom. The number of nitrogens with one attached hydrogen (secondary N) is 2. The van der Waals surface area contributed by atoms with Gasteiger partial charge in [-0.25, -0.2) is 9.97 Å². The van der Waals surface area contributed by atoms with Crippen molar-refractivity contribution in [3.63, 3.8) is 0 Å². The molecular weight excluding hydrogens is 445 g/mol. The number of ketones is 1. The number of thiazole rings is 1. The smallest absolute Gasteiger partial charge is 0.294 e. The fourth-order valence-corrected chi connectivity index (χ4v) is 5.38. The van der Waals surface area contributed by atoms with Crippen LogP contribution in [0.3, 0.4) is 0 Å². The van der Waals surface area contributed by atoms with E-state index in [2.05, 4.69) is 20.6 Å². The third kappa shape index (κ3) is 4.30. The van der Waals surface area contributed by atoms with E-state index in [1.54, 1.807) is 36.8 Å². The second kappa shape index (κ2) is 8.86. The molecule has 1 atom stereocenters. The van der Waals surface area contributed by atoms with Crippen LogP contribution in [0, 0.1) is 26.7 Å². The van der Waals surface area contributed by atoms with Gasteiger partial charge in [-0.1, -0.05) is 0 Å². The second-order valence-electron chi connectivity index (χ2n) is 8.11. The zero-order chi connectivity index (χ0) is 23.9. The number of carbonyl (C=O) groups is 3. The van der Waals surface area contributed by atoms with Gasteiger partial charge in [-0.3, -0.25) is 14.4 Å². The van der Waals surface area contributed by atoms with Crippen LogP contribution in [0.5, 0.6) is 0 Å². The van der Waals surface area contributed by atoms with Crippen molar-refractivity contribution < 1.29 is 18.8 Å². The van der Waals surface area contributed by atoms with Crippen LogP contribution < -0.4 is 10.6 Å². The van der Waals surface area contributed by atoms with Crippen LogP contribution in [-0.2, 0) is 18.3 Å². The van der Waals surface area contributed by atoms with Gasteiger partial charge in [0.1, 0.15) is 0 Å². The van der Waals surface area contributed by atoms with Gasteiger partial charge < -0.3 is 15.2 Å². The van der Waals surface area contributed by atoms with E-state index in [1.807, 2.05) is 6.92 Å². The lowest BCUT2D eigenvalue weighted by molar-refractivity contribution is -0.117. The number of Topliss-reactive ketones (excluding diaryl/α,β-unsaturated/α-hetero) is 1. The number of pyridine rings is 1. The lowest BCUT2D eigenvalue weighted by Crippen LogP contribution is -2.36. The van der Waals surface area contributed by atoms with Crippen molar-refractivity contribution in [1.82, 2.24) is 19.9 Å². The largest absolute Gasteiger partial charge is 0.344 e. The Kier molecular flexibility index (Phi) is 6.11. The topological polar surface area (TPSA) is 106 Å². The highest BCUT2D eigenvalue weighted by Gasteiger charge is 2.32. The highest BCUT2D eigenvalue weighted by Crippen LogP contribution is 2.34. The van der Waals surface area contributed by atoms with Crippen molar-refractivity contribution in [3.05, 3.63) is 62.4 Å². The molecule has 0 fully saturated rings. The van der Waals surface area contributed by atoms with E-state index in [0.717, 1.165) is 40.9 Å². The first kappa shape index (κ1) is 22.8. The molecule has 172 valence electrons. The van der Waals surface area contributed by atoms with Gasteiger partial charge in [-0.05, 0) is 51.7 Å². The molecule has 2 N–H and O–H groups in total. The summed E-state index contributed by atoms with van der Waals surface area (Å²) in [5, 5.41) is 6.42. The molecule has 1 unspecified atom stereocenters. The minimum atomic E-state index is -0.719. The Balaban J connectivity index is 1.57. The number of nitrogens with zero attached hydrogens (tertiary/aromatic N) is 3. The maximum atomic E-state index is 13.4. The zero-order valence-electron chi connectivity index (χ0n) is 18.8. The molecule has 2 amide bonds. The van der Waals surface area contributed by atoms with Gasteiger partial charge in [-0.15, -0.1) is 11.3 Å². The number of rotatable bonds is 5. The lowest BCUT2D eigenvalue weighted by Gasteiger charge is -2.22. The summed E-state index contributed by atoms with van der Waals surface area (Å²) >= 11 is 1.54. The van der Waals surface area contributed by atoms with E-state index in [-0.39, 0.29) is 23.0 Å². The number of fused-ring (bicyclic) bond motifs is 1. The summed E-state index contributed by atoms with van der Waals surface area (Å²) in [6.45, 7) is 5.24. The number of aryl methyl sites for hydroxylation is 2. The van der Waals surface area contributed by atoms with Gasteiger partial charge in [-0.2, -0.15) is 4.39 Å². The first-order valence-corrected chi connectivity index (χ1v) is 11.4. The molecule has 10 heteroatoms. The van der Waals surface area contributed by atoms with E-state index in [0.29, 0.717) is 11.3 Å². The first-order valence-electron chi connectivity index (χ1n) is 10.6. The normalized spacial score (nSPS) is 15.1. The molecule has 3 aromatic rings. The SMILES string of the molecule is Cc1nc2c(s1)C(NC(=O)C(=O)c1c(C)c(C(=O)Nc3ccnc(F)c3)c(C)n1C)CCC2. The molecule has 3 aromatic heterocycles. The molecule has 33 heavy (non-hydrogen) atoms. The Morgan fingerprint density at radius 2 is 2.00 bits per heavy atom. The molecule has 1 aliphatic carbocycles. The van der Waals surface area contributed by atoms with E-state index in [4.69, 9.17) is 0 Å². The highest BCUT2D eigenvalue weighted by molar-refractivity contribution is 7.11. The standard InChI is InChI=1S/C23H24FN5O3S/c1-11-18(22(31)27-14-8-9-25-17(24)10-14)12(2)29(4)19(11)20(30)23(32)28-16-7-5-6-15-21(16)33-13(3)26-15/h8-10,16H,5-7H2,1-4H3,(H,28,32)(H,25,27,31). The number of aromatic nitrogens is 3. The molecule has 0 radical (unpaired) electrons. The van der Waals surface area contributed by atoms with Crippen LogP contribution in [0.1, 0.15) is 66.6 Å². The molecule has 0 bridgehead atoms. The molecule has 8 nitrogen and oxygen atoms in total. The van der Waals surface area contributed by atoms with Crippen LogP contribution in [0.2, 0.25) is 0 Å². The van der Waals surface area contributed by atoms with Crippen LogP contribution in [0.25, 0.3) is 0 Å². The zero-order valence-corrected chi connectivity index (χ0v) is 19.6. The fourth-order valence-electron chi connectivity index (χ4n) is 4.32. The maximum absolute atomic E-state index is 13.4. The average Bonchev–Trinajstić information content (AvgIpc) is 3.24. The minimum Gasteiger partial charge on any atom is -0.344 e. The van der Waals surface area contributed by atoms with Crippen molar-refractivity contribution in [2.75, 3.05) is 5.32 Å². The maximum Gasteiger partial charge on any atom is 0.294 e. The molecule has 0 aromatic carbocycles. The Morgan fingerprint density at radius 1 is 1.24 bits per heavy atom. The van der Waals surface area contributed by atoms with Crippen molar-refractivity contribution >= 4 is 34.6 Å². The Bertz CT molecular complexity index is 1280. The second-order valence-corrected chi connectivity index (χ2v) is 9.34. The number of hydrogen-bond donors (Lipinski definition) is 2. The Labute approximate surface area is 194 Å². The number of anilines is 1. The number of halogens is 1. The quantitative estimate of drug-likeness (QED) is 0.338. The van der Waals surface area contributed by atoms with Gasteiger partial charge in [0.2, 0.25) is 5.95 Å². The highest BCUT2D eigenvalue weighted by atomic mass is 32.1. The summed E-state index contributed by atoms with van der Waals surface area (Å²) in [7, 11) is 1.64. The number of amides is 2. The third-order valence-corrected chi connectivity index (χ3v) is 7.05. The first-order chi connectivity index (χ1) is 15.7.